The lowest BCUT2D eigenvalue weighted by molar-refractivity contribution is 0.184. The van der Waals surface area contributed by atoms with E-state index in [0.29, 0.717) is 24.8 Å². The van der Waals surface area contributed by atoms with Crippen molar-refractivity contribution in [2.45, 2.75) is 37.8 Å². The first-order valence-electron chi connectivity index (χ1n) is 7.48. The van der Waals surface area contributed by atoms with Crippen LogP contribution in [0.15, 0.2) is 21.6 Å². The first-order chi connectivity index (χ1) is 10.1. The molecule has 0 amide bonds. The van der Waals surface area contributed by atoms with Gasteiger partial charge in [0.05, 0.1) is 6.54 Å². The second-order valence-electron chi connectivity index (χ2n) is 5.31. The van der Waals surface area contributed by atoms with Gasteiger partial charge in [-0.2, -0.15) is 0 Å². The normalized spacial score (nSPS) is 19.2. The van der Waals surface area contributed by atoms with Crippen molar-refractivity contribution in [2.24, 2.45) is 5.92 Å². The van der Waals surface area contributed by atoms with Crippen molar-refractivity contribution in [3.05, 3.63) is 17.9 Å². The van der Waals surface area contributed by atoms with Crippen LogP contribution >= 0.6 is 0 Å². The number of hydrogen-bond donors (Lipinski definition) is 2. The monoisotopic (exact) mass is 316 g/mol. The van der Waals surface area contributed by atoms with Gasteiger partial charge in [-0.15, -0.1) is 0 Å². The molecule has 0 radical (unpaired) electrons. The van der Waals surface area contributed by atoms with Crippen molar-refractivity contribution in [2.75, 3.05) is 26.3 Å². The number of ether oxygens (including phenoxy) is 1. The fraction of sp³-hybridized carbons (Fsp3) is 0.714. The van der Waals surface area contributed by atoms with Crippen LogP contribution in [0.3, 0.4) is 0 Å². The maximum Gasteiger partial charge on any atom is 0.273 e. The topological polar surface area (TPSA) is 80.6 Å². The van der Waals surface area contributed by atoms with Gasteiger partial charge >= 0.3 is 0 Å². The Kier molecular flexibility index (Phi) is 6.22. The Hall–Kier alpha value is -0.890. The molecule has 0 saturated carbocycles. The van der Waals surface area contributed by atoms with Crippen molar-refractivity contribution in [3.63, 3.8) is 0 Å². The Morgan fingerprint density at radius 1 is 1.33 bits per heavy atom. The highest BCUT2D eigenvalue weighted by Crippen LogP contribution is 2.17. The van der Waals surface area contributed by atoms with Crippen LogP contribution in [-0.4, -0.2) is 34.7 Å². The molecule has 0 spiro atoms. The molecule has 0 aromatic carbocycles. The van der Waals surface area contributed by atoms with Crippen molar-refractivity contribution in [1.82, 2.24) is 10.0 Å². The van der Waals surface area contributed by atoms with Crippen LogP contribution in [-0.2, 0) is 21.3 Å². The van der Waals surface area contributed by atoms with E-state index >= 15 is 0 Å². The third-order valence-electron chi connectivity index (χ3n) is 3.50. The Morgan fingerprint density at radius 2 is 2.19 bits per heavy atom. The maximum atomic E-state index is 12.1. The molecule has 0 bridgehead atoms. The van der Waals surface area contributed by atoms with Crippen molar-refractivity contribution >= 4 is 10.0 Å². The number of nitrogens with one attached hydrogen (secondary N) is 2. The summed E-state index contributed by atoms with van der Waals surface area (Å²) in [5.74, 6) is 1.09. The van der Waals surface area contributed by atoms with Crippen LogP contribution in [0.5, 0.6) is 0 Å². The minimum Gasteiger partial charge on any atom is -0.447 e. The third-order valence-corrected chi connectivity index (χ3v) is 4.83. The van der Waals surface area contributed by atoms with Gasteiger partial charge in [-0.3, -0.25) is 0 Å². The Bertz CT molecular complexity index is 521. The summed E-state index contributed by atoms with van der Waals surface area (Å²) in [6.45, 7) is 5.43. The van der Waals surface area contributed by atoms with E-state index in [1.165, 1.54) is 6.07 Å². The quantitative estimate of drug-likeness (QED) is 0.675. The fourth-order valence-electron chi connectivity index (χ4n) is 2.27. The third kappa shape index (κ3) is 5.10. The molecule has 21 heavy (non-hydrogen) atoms. The summed E-state index contributed by atoms with van der Waals surface area (Å²) in [5.41, 5.74) is 0. The van der Waals surface area contributed by atoms with E-state index in [1.54, 1.807) is 6.07 Å². The molecular formula is C14H24N2O4S. The van der Waals surface area contributed by atoms with Gasteiger partial charge in [-0.05, 0) is 43.9 Å². The molecule has 1 aliphatic heterocycles. The molecule has 1 aliphatic rings. The van der Waals surface area contributed by atoms with E-state index in [1.807, 2.05) is 0 Å². The molecule has 1 unspecified atom stereocenters. The molecule has 1 aromatic heterocycles. The van der Waals surface area contributed by atoms with Crippen LogP contribution in [0.2, 0.25) is 0 Å². The van der Waals surface area contributed by atoms with Gasteiger partial charge in [0.25, 0.3) is 10.0 Å². The lowest BCUT2D eigenvalue weighted by Gasteiger charge is -2.08. The van der Waals surface area contributed by atoms with E-state index in [0.717, 1.165) is 39.0 Å². The molecule has 1 saturated heterocycles. The second kappa shape index (κ2) is 7.93. The van der Waals surface area contributed by atoms with E-state index in [9.17, 15) is 8.42 Å². The first kappa shape index (κ1) is 16.5. The molecule has 120 valence electrons. The smallest absolute Gasteiger partial charge is 0.273 e. The average molecular weight is 316 g/mol. The van der Waals surface area contributed by atoms with Gasteiger partial charge in [0.15, 0.2) is 0 Å². The van der Waals surface area contributed by atoms with Crippen molar-refractivity contribution < 1.29 is 17.6 Å². The highest BCUT2D eigenvalue weighted by atomic mass is 32.2. The highest BCUT2D eigenvalue weighted by Gasteiger charge is 2.20. The molecule has 1 atom stereocenters. The molecule has 1 fully saturated rings. The second-order valence-corrected chi connectivity index (χ2v) is 7.01. The zero-order valence-electron chi connectivity index (χ0n) is 12.4. The first-order valence-corrected chi connectivity index (χ1v) is 8.97. The molecule has 0 aliphatic carbocycles. The summed E-state index contributed by atoms with van der Waals surface area (Å²) >= 11 is 0. The van der Waals surface area contributed by atoms with Crippen LogP contribution in [0, 0.1) is 5.92 Å². The summed E-state index contributed by atoms with van der Waals surface area (Å²) in [7, 11) is -3.55. The van der Waals surface area contributed by atoms with Crippen molar-refractivity contribution in [1.29, 1.82) is 0 Å². The largest absolute Gasteiger partial charge is 0.447 e. The highest BCUT2D eigenvalue weighted by molar-refractivity contribution is 7.89. The molecule has 2 N–H and O–H groups in total. The lowest BCUT2D eigenvalue weighted by atomic mass is 10.1. The van der Waals surface area contributed by atoms with Gasteiger partial charge in [-0.1, -0.05) is 6.92 Å². The molecule has 1 aromatic rings. The van der Waals surface area contributed by atoms with E-state index < -0.39 is 10.0 Å². The predicted octanol–water partition coefficient (Wildman–Crippen LogP) is 1.48. The molecular weight excluding hydrogens is 292 g/mol. The molecule has 2 heterocycles. The van der Waals surface area contributed by atoms with E-state index in [4.69, 9.17) is 9.15 Å². The summed E-state index contributed by atoms with van der Waals surface area (Å²) < 4.78 is 37.4. The Labute approximate surface area is 126 Å². The van der Waals surface area contributed by atoms with E-state index in [-0.39, 0.29) is 5.09 Å². The zero-order chi connectivity index (χ0) is 15.1. The summed E-state index contributed by atoms with van der Waals surface area (Å²) in [4.78, 5) is 0. The van der Waals surface area contributed by atoms with Crippen molar-refractivity contribution in [3.8, 4) is 0 Å². The summed E-state index contributed by atoms with van der Waals surface area (Å²) in [5, 5.41) is 3.16. The Morgan fingerprint density at radius 3 is 2.90 bits per heavy atom. The average Bonchev–Trinajstić information content (AvgIpc) is 3.10. The van der Waals surface area contributed by atoms with E-state index in [2.05, 4.69) is 17.0 Å². The minimum atomic E-state index is -3.55. The van der Waals surface area contributed by atoms with Gasteiger partial charge in [0, 0.05) is 19.8 Å². The van der Waals surface area contributed by atoms with Crippen LogP contribution in [0.1, 0.15) is 31.9 Å². The number of sulfonamides is 1. The fourth-order valence-corrected chi connectivity index (χ4v) is 3.26. The lowest BCUT2D eigenvalue weighted by Crippen LogP contribution is -2.26. The minimum absolute atomic E-state index is 0.0153. The van der Waals surface area contributed by atoms with Gasteiger partial charge in [0.1, 0.15) is 5.76 Å². The van der Waals surface area contributed by atoms with Gasteiger partial charge in [0.2, 0.25) is 5.09 Å². The maximum absolute atomic E-state index is 12.1. The number of hydrogen-bond acceptors (Lipinski definition) is 5. The van der Waals surface area contributed by atoms with Gasteiger partial charge in [-0.25, -0.2) is 13.1 Å². The summed E-state index contributed by atoms with van der Waals surface area (Å²) in [6.07, 6.45) is 2.83. The number of rotatable bonds is 9. The molecule has 7 heteroatoms. The Balaban J connectivity index is 1.80. The predicted molar refractivity (Wildman–Crippen MR) is 79.4 cm³/mol. The zero-order valence-corrected chi connectivity index (χ0v) is 13.2. The van der Waals surface area contributed by atoms with Crippen LogP contribution in [0.25, 0.3) is 0 Å². The molecule has 6 nitrogen and oxygen atoms in total. The SMILES string of the molecule is CCCNCc1ccc(S(=O)(=O)NCCC2CCOC2)o1. The van der Waals surface area contributed by atoms with Crippen LogP contribution in [0.4, 0.5) is 0 Å². The number of furan rings is 1. The molecule has 2 rings (SSSR count). The van der Waals surface area contributed by atoms with Gasteiger partial charge < -0.3 is 14.5 Å². The van der Waals surface area contributed by atoms with Crippen LogP contribution < -0.4 is 10.0 Å². The standard InChI is InChI=1S/C14H24N2O4S/c1-2-7-15-10-13-3-4-14(20-13)21(17,18)16-8-5-12-6-9-19-11-12/h3-4,12,15-16H,2,5-11H2,1H3. The summed E-state index contributed by atoms with van der Waals surface area (Å²) in [6, 6.07) is 3.20.